The van der Waals surface area contributed by atoms with Crippen LogP contribution in [0.4, 0.5) is 23.0 Å². The van der Waals surface area contributed by atoms with Gasteiger partial charge in [-0.15, -0.1) is 0 Å². The fraction of sp³-hybridized carbons (Fsp3) is 0.241. The predicted octanol–water partition coefficient (Wildman–Crippen LogP) is 5.07. The van der Waals surface area contributed by atoms with Gasteiger partial charge in [-0.1, -0.05) is 18.7 Å². The standard InChI is InChI=1S/C29H31N7O2/c1-4-26(37)33-22-7-5-6-19(16-22)27-28-20(10-13-30-27)18-31-29(35-28)34-24-9-8-23(17-25(24)38-3)32-21-11-14-36(2)15-12-21/h4-10,13,16-18,21,32H,1,11-12,14-15H2,2-3H3,(H,33,37)(H,31,34,35). The van der Waals surface area contributed by atoms with Crippen LogP contribution >= 0.6 is 0 Å². The van der Waals surface area contributed by atoms with Crippen molar-refractivity contribution in [3.8, 4) is 17.0 Å². The summed E-state index contributed by atoms with van der Waals surface area (Å²) in [5.41, 5.74) is 4.64. The summed E-state index contributed by atoms with van der Waals surface area (Å²) in [5, 5.41) is 10.6. The molecule has 0 aliphatic carbocycles. The van der Waals surface area contributed by atoms with Crippen LogP contribution in [0.5, 0.6) is 5.75 Å². The number of aromatic nitrogens is 3. The van der Waals surface area contributed by atoms with Gasteiger partial charge in [0.2, 0.25) is 11.9 Å². The maximum absolute atomic E-state index is 11.8. The lowest BCUT2D eigenvalue weighted by Crippen LogP contribution is -2.36. The zero-order chi connectivity index (χ0) is 26.5. The molecule has 38 heavy (non-hydrogen) atoms. The SMILES string of the molecule is C=CC(=O)Nc1cccc(-c2nccc3cnc(Nc4ccc(NC5CCN(C)CC5)cc4OC)nc23)c1. The van der Waals surface area contributed by atoms with Gasteiger partial charge in [0.05, 0.1) is 18.5 Å². The van der Waals surface area contributed by atoms with Crippen LogP contribution in [0.15, 0.2) is 73.6 Å². The summed E-state index contributed by atoms with van der Waals surface area (Å²) in [7, 11) is 3.82. The summed E-state index contributed by atoms with van der Waals surface area (Å²) < 4.78 is 5.68. The molecule has 0 radical (unpaired) electrons. The number of nitrogens with one attached hydrogen (secondary N) is 3. The highest BCUT2D eigenvalue weighted by Gasteiger charge is 2.17. The molecule has 9 heteroatoms. The van der Waals surface area contributed by atoms with Crippen molar-refractivity contribution < 1.29 is 9.53 Å². The highest BCUT2D eigenvalue weighted by Crippen LogP contribution is 2.32. The minimum Gasteiger partial charge on any atom is -0.494 e. The lowest BCUT2D eigenvalue weighted by molar-refractivity contribution is -0.111. The van der Waals surface area contributed by atoms with Gasteiger partial charge in [0, 0.05) is 46.8 Å². The Hall–Kier alpha value is -4.50. The van der Waals surface area contributed by atoms with Gasteiger partial charge in [0.15, 0.2) is 0 Å². The molecule has 4 aromatic rings. The Kier molecular flexibility index (Phi) is 7.46. The van der Waals surface area contributed by atoms with Crippen molar-refractivity contribution in [1.82, 2.24) is 19.9 Å². The fourth-order valence-electron chi connectivity index (χ4n) is 4.56. The topological polar surface area (TPSA) is 104 Å². The molecule has 0 bridgehead atoms. The van der Waals surface area contributed by atoms with Crippen LogP contribution in [0, 0.1) is 0 Å². The number of fused-ring (bicyclic) bond motifs is 1. The molecule has 2 aromatic carbocycles. The van der Waals surface area contributed by atoms with Gasteiger partial charge >= 0.3 is 0 Å². The van der Waals surface area contributed by atoms with Crippen molar-refractivity contribution in [3.63, 3.8) is 0 Å². The van der Waals surface area contributed by atoms with Crippen LogP contribution in [0.25, 0.3) is 22.2 Å². The van der Waals surface area contributed by atoms with Gasteiger partial charge in [-0.2, -0.15) is 0 Å². The van der Waals surface area contributed by atoms with E-state index < -0.39 is 0 Å². The number of nitrogens with zero attached hydrogens (tertiary/aromatic N) is 4. The van der Waals surface area contributed by atoms with E-state index in [1.165, 1.54) is 6.08 Å². The fourth-order valence-corrected chi connectivity index (χ4v) is 4.56. The van der Waals surface area contributed by atoms with Crippen LogP contribution in [-0.2, 0) is 4.79 Å². The summed E-state index contributed by atoms with van der Waals surface area (Å²) in [6.07, 6.45) is 6.96. The zero-order valence-electron chi connectivity index (χ0n) is 21.6. The Morgan fingerprint density at radius 1 is 1.11 bits per heavy atom. The lowest BCUT2D eigenvalue weighted by atomic mass is 10.1. The monoisotopic (exact) mass is 509 g/mol. The van der Waals surface area contributed by atoms with E-state index in [1.807, 2.05) is 48.5 Å². The maximum atomic E-state index is 11.8. The minimum atomic E-state index is -0.275. The Morgan fingerprint density at radius 2 is 1.95 bits per heavy atom. The number of piperidine rings is 1. The van der Waals surface area contributed by atoms with Crippen molar-refractivity contribution >= 4 is 39.8 Å². The molecule has 1 amide bonds. The molecular formula is C29H31N7O2. The average Bonchev–Trinajstić information content (AvgIpc) is 2.94. The summed E-state index contributed by atoms with van der Waals surface area (Å²) in [6.45, 7) is 5.70. The normalized spacial score (nSPS) is 14.2. The molecule has 0 saturated carbocycles. The molecule has 1 fully saturated rings. The van der Waals surface area contributed by atoms with Crippen molar-refractivity contribution in [2.24, 2.45) is 0 Å². The van der Waals surface area contributed by atoms with Crippen LogP contribution < -0.4 is 20.7 Å². The minimum absolute atomic E-state index is 0.275. The van der Waals surface area contributed by atoms with E-state index in [1.54, 1.807) is 19.5 Å². The molecule has 0 atom stereocenters. The molecular weight excluding hydrogens is 478 g/mol. The van der Waals surface area contributed by atoms with E-state index in [2.05, 4.69) is 44.4 Å². The average molecular weight is 510 g/mol. The molecule has 1 aliphatic rings. The first-order valence-corrected chi connectivity index (χ1v) is 12.6. The second-order valence-electron chi connectivity index (χ2n) is 9.33. The molecule has 1 aliphatic heterocycles. The van der Waals surface area contributed by atoms with E-state index in [9.17, 15) is 4.79 Å². The van der Waals surface area contributed by atoms with Crippen LogP contribution in [0.2, 0.25) is 0 Å². The van der Waals surface area contributed by atoms with Gasteiger partial charge < -0.3 is 25.6 Å². The Bertz CT molecular complexity index is 1460. The number of hydrogen-bond acceptors (Lipinski definition) is 8. The first kappa shape index (κ1) is 25.2. The summed E-state index contributed by atoms with van der Waals surface area (Å²) in [4.78, 5) is 28.0. The predicted molar refractivity (Wildman–Crippen MR) is 152 cm³/mol. The first-order chi connectivity index (χ1) is 18.5. The highest BCUT2D eigenvalue weighted by molar-refractivity contribution is 5.99. The number of anilines is 4. The Morgan fingerprint density at radius 3 is 2.74 bits per heavy atom. The highest BCUT2D eigenvalue weighted by atomic mass is 16.5. The van der Waals surface area contributed by atoms with E-state index in [4.69, 9.17) is 9.72 Å². The summed E-state index contributed by atoms with van der Waals surface area (Å²) >= 11 is 0. The summed E-state index contributed by atoms with van der Waals surface area (Å²) in [5.74, 6) is 0.851. The number of ether oxygens (including phenoxy) is 1. The molecule has 2 aromatic heterocycles. The van der Waals surface area contributed by atoms with Crippen molar-refractivity contribution in [2.45, 2.75) is 18.9 Å². The van der Waals surface area contributed by atoms with Crippen molar-refractivity contribution in [3.05, 3.63) is 73.6 Å². The molecule has 3 N–H and O–H groups in total. The van der Waals surface area contributed by atoms with Crippen molar-refractivity contribution in [2.75, 3.05) is 43.2 Å². The number of likely N-dealkylation sites (tertiary alicyclic amines) is 1. The van der Waals surface area contributed by atoms with E-state index in [-0.39, 0.29) is 5.91 Å². The number of carbonyl (C=O) groups excluding carboxylic acids is 1. The number of carbonyl (C=O) groups is 1. The van der Waals surface area contributed by atoms with Gasteiger partial charge in [-0.25, -0.2) is 9.97 Å². The van der Waals surface area contributed by atoms with E-state index >= 15 is 0 Å². The number of amides is 1. The summed E-state index contributed by atoms with van der Waals surface area (Å²) in [6, 6.07) is 15.8. The van der Waals surface area contributed by atoms with Gasteiger partial charge in [-0.3, -0.25) is 9.78 Å². The molecule has 1 saturated heterocycles. The van der Waals surface area contributed by atoms with Crippen LogP contribution in [0.1, 0.15) is 12.8 Å². The number of hydrogen-bond donors (Lipinski definition) is 3. The molecule has 0 unspecified atom stereocenters. The number of rotatable bonds is 8. The molecule has 9 nitrogen and oxygen atoms in total. The molecule has 5 rings (SSSR count). The second-order valence-corrected chi connectivity index (χ2v) is 9.33. The van der Waals surface area contributed by atoms with Crippen LogP contribution in [-0.4, -0.2) is 59.0 Å². The molecule has 0 spiro atoms. The zero-order valence-corrected chi connectivity index (χ0v) is 21.6. The smallest absolute Gasteiger partial charge is 0.247 e. The van der Waals surface area contributed by atoms with Gasteiger partial charge in [0.25, 0.3) is 0 Å². The Balaban J connectivity index is 1.40. The molecule has 194 valence electrons. The number of benzene rings is 2. The van der Waals surface area contributed by atoms with Crippen molar-refractivity contribution in [1.29, 1.82) is 0 Å². The first-order valence-electron chi connectivity index (χ1n) is 12.6. The number of pyridine rings is 1. The second kappa shape index (κ2) is 11.3. The van der Waals surface area contributed by atoms with Gasteiger partial charge in [0.1, 0.15) is 11.3 Å². The number of methoxy groups -OCH3 is 1. The van der Waals surface area contributed by atoms with E-state index in [0.29, 0.717) is 34.6 Å². The largest absolute Gasteiger partial charge is 0.494 e. The van der Waals surface area contributed by atoms with Crippen LogP contribution in [0.3, 0.4) is 0 Å². The van der Waals surface area contributed by atoms with E-state index in [0.717, 1.165) is 48.3 Å². The third-order valence-corrected chi connectivity index (χ3v) is 6.63. The third kappa shape index (κ3) is 5.73. The lowest BCUT2D eigenvalue weighted by Gasteiger charge is -2.30. The molecule has 3 heterocycles. The van der Waals surface area contributed by atoms with Gasteiger partial charge in [-0.05, 0) is 69.4 Å². The third-order valence-electron chi connectivity index (χ3n) is 6.63. The maximum Gasteiger partial charge on any atom is 0.247 e. The Labute approximate surface area is 222 Å². The quantitative estimate of drug-likeness (QED) is 0.283.